The average Bonchev–Trinajstić information content (AvgIpc) is 2.25. The molecule has 1 N–H and O–H groups in total. The predicted octanol–water partition coefficient (Wildman–Crippen LogP) is 1.82. The van der Waals surface area contributed by atoms with E-state index in [4.69, 9.17) is 9.84 Å². The molecule has 1 heterocycles. The van der Waals surface area contributed by atoms with E-state index in [1.807, 2.05) is 0 Å². The number of pyridine rings is 1. The van der Waals surface area contributed by atoms with Crippen molar-refractivity contribution >= 4 is 12.0 Å². The van der Waals surface area contributed by atoms with Gasteiger partial charge in [0.25, 0.3) is 6.43 Å². The van der Waals surface area contributed by atoms with Crippen LogP contribution in [0, 0.1) is 0 Å². The number of aliphatic carboxylic acids is 1. The molecule has 86 valence electrons. The maximum Gasteiger partial charge on any atom is 0.328 e. The zero-order chi connectivity index (χ0) is 12.0. The first-order valence-electron chi connectivity index (χ1n) is 4.36. The van der Waals surface area contributed by atoms with E-state index in [-0.39, 0.29) is 5.75 Å². The lowest BCUT2D eigenvalue weighted by Crippen LogP contribution is -2.07. The molecule has 0 aliphatic carbocycles. The number of ether oxygens (including phenoxy) is 1. The molecule has 4 nitrogen and oxygen atoms in total. The van der Waals surface area contributed by atoms with Crippen molar-refractivity contribution in [1.29, 1.82) is 0 Å². The van der Waals surface area contributed by atoms with Crippen LogP contribution in [-0.2, 0) is 4.79 Å². The summed E-state index contributed by atoms with van der Waals surface area (Å²) in [7, 11) is 0. The Morgan fingerprint density at radius 1 is 1.56 bits per heavy atom. The Bertz CT molecular complexity index is 376. The number of aromatic nitrogens is 1. The summed E-state index contributed by atoms with van der Waals surface area (Å²) in [5.41, 5.74) is 0.409. The summed E-state index contributed by atoms with van der Waals surface area (Å²) >= 11 is 0. The van der Waals surface area contributed by atoms with Crippen molar-refractivity contribution in [3.05, 3.63) is 30.1 Å². The van der Waals surface area contributed by atoms with E-state index >= 15 is 0 Å². The predicted molar refractivity (Wildman–Crippen MR) is 52.4 cm³/mol. The van der Waals surface area contributed by atoms with Crippen molar-refractivity contribution in [3.8, 4) is 5.75 Å². The summed E-state index contributed by atoms with van der Waals surface area (Å²) in [6.07, 6.45) is 0.942. The van der Waals surface area contributed by atoms with Gasteiger partial charge in [0.15, 0.2) is 0 Å². The maximum atomic E-state index is 11.8. The summed E-state index contributed by atoms with van der Waals surface area (Å²) < 4.78 is 28.3. The Labute approximate surface area is 90.2 Å². The van der Waals surface area contributed by atoms with Crippen molar-refractivity contribution in [2.45, 2.75) is 6.43 Å². The molecule has 0 saturated heterocycles. The highest BCUT2D eigenvalue weighted by atomic mass is 19.3. The number of carboxylic acids is 1. The Morgan fingerprint density at radius 3 is 2.81 bits per heavy atom. The highest BCUT2D eigenvalue weighted by Gasteiger charge is 2.03. The molecule has 16 heavy (non-hydrogen) atoms. The summed E-state index contributed by atoms with van der Waals surface area (Å²) in [6.45, 7) is -0.689. The van der Waals surface area contributed by atoms with Gasteiger partial charge in [0.05, 0.1) is 11.9 Å². The molecule has 0 fully saturated rings. The molecule has 0 atom stereocenters. The lowest BCUT2D eigenvalue weighted by Gasteiger charge is -2.04. The fraction of sp³-hybridized carbons (Fsp3) is 0.200. The standard InChI is InChI=1S/C10H9F2NO3/c11-9(12)6-16-8-3-1-7(13-5-8)2-4-10(14)15/h1-5,9H,6H2,(H,14,15). The van der Waals surface area contributed by atoms with Gasteiger partial charge >= 0.3 is 5.97 Å². The van der Waals surface area contributed by atoms with E-state index in [9.17, 15) is 13.6 Å². The van der Waals surface area contributed by atoms with Gasteiger partial charge in [0, 0.05) is 6.08 Å². The number of hydrogen-bond donors (Lipinski definition) is 1. The molecule has 0 saturated carbocycles. The highest BCUT2D eigenvalue weighted by Crippen LogP contribution is 2.11. The topological polar surface area (TPSA) is 59.4 Å². The first-order valence-corrected chi connectivity index (χ1v) is 4.36. The van der Waals surface area contributed by atoms with Gasteiger partial charge in [-0.3, -0.25) is 4.98 Å². The Hall–Kier alpha value is -1.98. The Balaban J connectivity index is 2.57. The van der Waals surface area contributed by atoms with Gasteiger partial charge in [-0.25, -0.2) is 13.6 Å². The smallest absolute Gasteiger partial charge is 0.328 e. The van der Waals surface area contributed by atoms with Crippen molar-refractivity contribution in [2.24, 2.45) is 0 Å². The lowest BCUT2D eigenvalue weighted by atomic mass is 10.3. The molecule has 0 spiro atoms. The molecule has 0 bridgehead atoms. The third-order valence-corrected chi connectivity index (χ3v) is 1.53. The fourth-order valence-corrected chi connectivity index (χ4v) is 0.892. The van der Waals surface area contributed by atoms with Crippen LogP contribution in [0.5, 0.6) is 5.75 Å². The molecule has 6 heteroatoms. The Morgan fingerprint density at radius 2 is 2.31 bits per heavy atom. The number of halogens is 2. The fourth-order valence-electron chi connectivity index (χ4n) is 0.892. The minimum absolute atomic E-state index is 0.216. The number of hydrogen-bond acceptors (Lipinski definition) is 3. The quantitative estimate of drug-likeness (QED) is 0.782. The summed E-state index contributed by atoms with van der Waals surface area (Å²) in [5, 5.41) is 8.35. The zero-order valence-corrected chi connectivity index (χ0v) is 8.14. The van der Waals surface area contributed by atoms with Gasteiger partial charge in [-0.1, -0.05) is 0 Å². The summed E-state index contributed by atoms with van der Waals surface area (Å²) in [5.74, 6) is -0.868. The van der Waals surface area contributed by atoms with Gasteiger partial charge in [-0.15, -0.1) is 0 Å². The molecule has 0 aromatic carbocycles. The van der Waals surface area contributed by atoms with Crippen LogP contribution in [0.25, 0.3) is 6.08 Å². The summed E-state index contributed by atoms with van der Waals surface area (Å²) in [4.78, 5) is 14.0. The molecule has 1 aromatic rings. The van der Waals surface area contributed by atoms with E-state index in [2.05, 4.69) is 4.98 Å². The van der Waals surface area contributed by atoms with Crippen molar-refractivity contribution in [1.82, 2.24) is 4.98 Å². The van der Waals surface area contributed by atoms with Crippen molar-refractivity contribution < 1.29 is 23.4 Å². The van der Waals surface area contributed by atoms with Crippen LogP contribution in [0.3, 0.4) is 0 Å². The number of carbonyl (C=O) groups is 1. The van der Waals surface area contributed by atoms with Crippen molar-refractivity contribution in [2.75, 3.05) is 6.61 Å². The number of carboxylic acid groups (broad SMARTS) is 1. The second-order valence-corrected chi connectivity index (χ2v) is 2.79. The molecule has 0 unspecified atom stereocenters. The third kappa shape index (κ3) is 4.50. The molecular formula is C10H9F2NO3. The minimum Gasteiger partial charge on any atom is -0.486 e. The van der Waals surface area contributed by atoms with E-state index < -0.39 is 19.0 Å². The number of alkyl halides is 2. The maximum absolute atomic E-state index is 11.8. The largest absolute Gasteiger partial charge is 0.486 e. The monoisotopic (exact) mass is 229 g/mol. The third-order valence-electron chi connectivity index (χ3n) is 1.53. The molecule has 0 aliphatic rings. The van der Waals surface area contributed by atoms with Gasteiger partial charge < -0.3 is 9.84 Å². The van der Waals surface area contributed by atoms with Crippen LogP contribution in [0.4, 0.5) is 8.78 Å². The van der Waals surface area contributed by atoms with Crippen LogP contribution in [-0.4, -0.2) is 29.1 Å². The van der Waals surface area contributed by atoms with Gasteiger partial charge in [0.1, 0.15) is 12.4 Å². The van der Waals surface area contributed by atoms with Gasteiger partial charge in [0.2, 0.25) is 0 Å². The molecule has 0 radical (unpaired) electrons. The van der Waals surface area contributed by atoms with E-state index in [0.29, 0.717) is 5.69 Å². The number of nitrogens with zero attached hydrogens (tertiary/aromatic N) is 1. The minimum atomic E-state index is -2.54. The number of rotatable bonds is 5. The van der Waals surface area contributed by atoms with Crippen LogP contribution < -0.4 is 4.74 Å². The Kier molecular flexibility index (Phi) is 4.38. The van der Waals surface area contributed by atoms with Crippen LogP contribution >= 0.6 is 0 Å². The van der Waals surface area contributed by atoms with Gasteiger partial charge in [-0.2, -0.15) is 0 Å². The average molecular weight is 229 g/mol. The molecular weight excluding hydrogens is 220 g/mol. The molecule has 1 aromatic heterocycles. The zero-order valence-electron chi connectivity index (χ0n) is 8.14. The second kappa shape index (κ2) is 5.79. The normalized spacial score (nSPS) is 10.9. The van der Waals surface area contributed by atoms with Crippen LogP contribution in [0.2, 0.25) is 0 Å². The van der Waals surface area contributed by atoms with Crippen molar-refractivity contribution in [3.63, 3.8) is 0 Å². The first kappa shape index (κ1) is 12.1. The SMILES string of the molecule is O=C(O)C=Cc1ccc(OCC(F)F)cn1. The molecule has 0 amide bonds. The highest BCUT2D eigenvalue weighted by molar-refractivity contribution is 5.84. The van der Waals surface area contributed by atoms with Crippen LogP contribution in [0.1, 0.15) is 5.69 Å². The molecule has 1 rings (SSSR count). The van der Waals surface area contributed by atoms with E-state index in [1.54, 1.807) is 0 Å². The van der Waals surface area contributed by atoms with Gasteiger partial charge in [-0.05, 0) is 18.2 Å². The van der Waals surface area contributed by atoms with Crippen LogP contribution in [0.15, 0.2) is 24.4 Å². The lowest BCUT2D eigenvalue weighted by molar-refractivity contribution is -0.131. The van der Waals surface area contributed by atoms with E-state index in [0.717, 1.165) is 6.08 Å². The van der Waals surface area contributed by atoms with E-state index in [1.165, 1.54) is 24.4 Å². The molecule has 0 aliphatic heterocycles. The first-order chi connectivity index (χ1) is 7.58. The summed E-state index contributed by atoms with van der Waals surface area (Å²) in [6, 6.07) is 2.91. The second-order valence-electron chi connectivity index (χ2n) is 2.79.